The van der Waals surface area contributed by atoms with Crippen molar-refractivity contribution in [2.24, 2.45) is 0 Å². The number of fused-ring (bicyclic) bond motifs is 1. The Morgan fingerprint density at radius 3 is 2.67 bits per heavy atom. The molecule has 0 aliphatic rings. The molecule has 2 N–H and O–H groups in total. The topological polar surface area (TPSA) is 88.2 Å². The Hall–Kier alpha value is -1.32. The fourth-order valence-corrected chi connectivity index (χ4v) is 4.40. The van der Waals surface area contributed by atoms with Crippen LogP contribution in [0.1, 0.15) is 27.7 Å². The summed E-state index contributed by atoms with van der Waals surface area (Å²) >= 11 is 2.82. The van der Waals surface area contributed by atoms with Crippen molar-refractivity contribution in [2.75, 3.05) is 16.2 Å². The van der Waals surface area contributed by atoms with Gasteiger partial charge in [-0.2, -0.15) is 0 Å². The standard InChI is InChI=1S/C15H21N3O3S3/c1-5-24(20,21)18-10-6-7-11-12(8-10)23-14(16-11)22-9-13(19)17-15(2,3)4/h6-8,18H,5,9H2,1-4H3,(H,17,19). The number of sulfonamides is 1. The molecule has 0 aliphatic heterocycles. The van der Waals surface area contributed by atoms with Gasteiger partial charge in [0.1, 0.15) is 0 Å². The van der Waals surface area contributed by atoms with Gasteiger partial charge < -0.3 is 5.32 Å². The van der Waals surface area contributed by atoms with E-state index in [0.29, 0.717) is 11.4 Å². The van der Waals surface area contributed by atoms with Crippen molar-refractivity contribution < 1.29 is 13.2 Å². The van der Waals surface area contributed by atoms with E-state index in [1.54, 1.807) is 25.1 Å². The van der Waals surface area contributed by atoms with Crippen molar-refractivity contribution in [1.82, 2.24) is 10.3 Å². The van der Waals surface area contributed by atoms with Gasteiger partial charge in [-0.25, -0.2) is 13.4 Å². The fraction of sp³-hybridized carbons (Fsp3) is 0.467. The number of anilines is 1. The average molecular weight is 388 g/mol. The molecule has 0 radical (unpaired) electrons. The Bertz CT molecular complexity index is 839. The number of rotatable bonds is 6. The monoisotopic (exact) mass is 387 g/mol. The highest BCUT2D eigenvalue weighted by atomic mass is 32.2. The Kier molecular flexibility index (Phi) is 5.77. The molecule has 1 aromatic carbocycles. The molecule has 2 aromatic rings. The quantitative estimate of drug-likeness (QED) is 0.744. The molecule has 0 atom stereocenters. The van der Waals surface area contributed by atoms with Crippen LogP contribution in [0.2, 0.25) is 0 Å². The summed E-state index contributed by atoms with van der Waals surface area (Å²) in [5, 5.41) is 2.90. The fourth-order valence-electron chi connectivity index (χ4n) is 1.86. The maximum Gasteiger partial charge on any atom is 0.232 e. The summed E-state index contributed by atoms with van der Waals surface area (Å²) in [4.78, 5) is 16.3. The summed E-state index contributed by atoms with van der Waals surface area (Å²) in [5.41, 5.74) is 1.06. The van der Waals surface area contributed by atoms with Gasteiger partial charge >= 0.3 is 0 Å². The van der Waals surface area contributed by atoms with Gasteiger partial charge in [0.05, 0.1) is 27.4 Å². The lowest BCUT2D eigenvalue weighted by atomic mass is 10.1. The predicted octanol–water partition coefficient (Wildman–Crippen LogP) is 3.06. The van der Waals surface area contributed by atoms with Crippen LogP contribution in [0.15, 0.2) is 22.5 Å². The summed E-state index contributed by atoms with van der Waals surface area (Å²) in [5.74, 6) is 0.285. The van der Waals surface area contributed by atoms with Crippen LogP contribution >= 0.6 is 23.1 Å². The number of nitrogens with one attached hydrogen (secondary N) is 2. The molecule has 6 nitrogen and oxygen atoms in total. The van der Waals surface area contributed by atoms with Gasteiger partial charge in [-0.15, -0.1) is 11.3 Å². The Balaban J connectivity index is 2.07. The van der Waals surface area contributed by atoms with Gasteiger partial charge in [-0.1, -0.05) is 11.8 Å². The highest BCUT2D eigenvalue weighted by molar-refractivity contribution is 8.01. The first-order valence-corrected chi connectivity index (χ1v) is 10.9. The number of carbonyl (C=O) groups is 1. The largest absolute Gasteiger partial charge is 0.351 e. The number of benzene rings is 1. The number of hydrogen-bond donors (Lipinski definition) is 2. The molecule has 1 heterocycles. The third-order valence-electron chi connectivity index (χ3n) is 2.86. The SMILES string of the molecule is CCS(=O)(=O)Nc1ccc2nc(SCC(=O)NC(C)(C)C)sc2c1. The molecule has 0 saturated heterocycles. The first kappa shape index (κ1) is 19.0. The molecular weight excluding hydrogens is 366 g/mol. The van der Waals surface area contributed by atoms with Crippen LogP contribution in [0.25, 0.3) is 10.2 Å². The van der Waals surface area contributed by atoms with Crippen molar-refractivity contribution >= 4 is 54.9 Å². The van der Waals surface area contributed by atoms with E-state index in [9.17, 15) is 13.2 Å². The van der Waals surface area contributed by atoms with E-state index in [0.717, 1.165) is 14.6 Å². The first-order chi connectivity index (χ1) is 11.1. The lowest BCUT2D eigenvalue weighted by Crippen LogP contribution is -2.41. The molecule has 132 valence electrons. The van der Waals surface area contributed by atoms with Gasteiger partial charge in [0.25, 0.3) is 0 Å². The molecule has 1 amide bonds. The van der Waals surface area contributed by atoms with E-state index in [4.69, 9.17) is 0 Å². The van der Waals surface area contributed by atoms with Crippen LogP contribution in [0.5, 0.6) is 0 Å². The predicted molar refractivity (Wildman–Crippen MR) is 101 cm³/mol. The van der Waals surface area contributed by atoms with Gasteiger partial charge in [-0.05, 0) is 45.9 Å². The average Bonchev–Trinajstić information content (AvgIpc) is 2.85. The summed E-state index contributed by atoms with van der Waals surface area (Å²) in [6.45, 7) is 7.40. The molecule has 0 aliphatic carbocycles. The van der Waals surface area contributed by atoms with Gasteiger partial charge in [0.15, 0.2) is 4.34 Å². The number of aromatic nitrogens is 1. The Labute approximate surface area is 150 Å². The molecule has 9 heteroatoms. The number of hydrogen-bond acceptors (Lipinski definition) is 6. The van der Waals surface area contributed by atoms with E-state index in [-0.39, 0.29) is 17.2 Å². The van der Waals surface area contributed by atoms with Crippen molar-refractivity contribution in [3.05, 3.63) is 18.2 Å². The number of nitrogens with zero attached hydrogens (tertiary/aromatic N) is 1. The third-order valence-corrected chi connectivity index (χ3v) is 6.33. The van der Waals surface area contributed by atoms with E-state index in [1.807, 2.05) is 20.8 Å². The zero-order valence-corrected chi connectivity index (χ0v) is 16.5. The van der Waals surface area contributed by atoms with Gasteiger partial charge in [-0.3, -0.25) is 9.52 Å². The molecule has 2 rings (SSSR count). The molecule has 0 fully saturated rings. The minimum absolute atomic E-state index is 0.0255. The zero-order chi connectivity index (χ0) is 18.0. The first-order valence-electron chi connectivity index (χ1n) is 7.43. The molecule has 0 bridgehead atoms. The summed E-state index contributed by atoms with van der Waals surface area (Å²) in [6.07, 6.45) is 0. The number of amides is 1. The third kappa shape index (κ3) is 5.64. The lowest BCUT2D eigenvalue weighted by Gasteiger charge is -2.19. The van der Waals surface area contributed by atoms with Gasteiger partial charge in [0, 0.05) is 5.54 Å². The Morgan fingerprint density at radius 1 is 1.33 bits per heavy atom. The lowest BCUT2D eigenvalue weighted by molar-refractivity contribution is -0.119. The number of carbonyl (C=O) groups excluding carboxylic acids is 1. The normalized spacial score (nSPS) is 12.3. The maximum atomic E-state index is 11.9. The minimum Gasteiger partial charge on any atom is -0.351 e. The molecule has 0 spiro atoms. The van der Waals surface area contributed by atoms with Crippen LogP contribution in [-0.2, 0) is 14.8 Å². The van der Waals surface area contributed by atoms with Crippen molar-refractivity contribution in [2.45, 2.75) is 37.6 Å². The zero-order valence-electron chi connectivity index (χ0n) is 14.0. The smallest absolute Gasteiger partial charge is 0.232 e. The van der Waals surface area contributed by atoms with Gasteiger partial charge in [0.2, 0.25) is 15.9 Å². The molecule has 1 aromatic heterocycles. The summed E-state index contributed by atoms with van der Waals surface area (Å²) in [6, 6.07) is 5.23. The summed E-state index contributed by atoms with van der Waals surface area (Å²) in [7, 11) is -3.30. The second kappa shape index (κ2) is 7.28. The Morgan fingerprint density at radius 2 is 2.04 bits per heavy atom. The number of thioether (sulfide) groups is 1. The van der Waals surface area contributed by atoms with Crippen LogP contribution in [0.4, 0.5) is 5.69 Å². The van der Waals surface area contributed by atoms with E-state index >= 15 is 0 Å². The second-order valence-electron chi connectivity index (χ2n) is 6.25. The van der Waals surface area contributed by atoms with Crippen LogP contribution < -0.4 is 10.0 Å². The van der Waals surface area contributed by atoms with Crippen LogP contribution in [0.3, 0.4) is 0 Å². The van der Waals surface area contributed by atoms with Crippen molar-refractivity contribution in [3.8, 4) is 0 Å². The molecule has 0 saturated carbocycles. The summed E-state index contributed by atoms with van der Waals surface area (Å²) < 4.78 is 27.4. The van der Waals surface area contributed by atoms with E-state index in [2.05, 4.69) is 15.0 Å². The van der Waals surface area contributed by atoms with Crippen LogP contribution in [0, 0.1) is 0 Å². The van der Waals surface area contributed by atoms with E-state index < -0.39 is 10.0 Å². The maximum absolute atomic E-state index is 11.9. The second-order valence-corrected chi connectivity index (χ2v) is 10.5. The molecule has 24 heavy (non-hydrogen) atoms. The highest BCUT2D eigenvalue weighted by Gasteiger charge is 2.15. The minimum atomic E-state index is -3.30. The molecular formula is C15H21N3O3S3. The van der Waals surface area contributed by atoms with Crippen molar-refractivity contribution in [3.63, 3.8) is 0 Å². The highest BCUT2D eigenvalue weighted by Crippen LogP contribution is 2.31. The molecule has 0 unspecified atom stereocenters. The van der Waals surface area contributed by atoms with Crippen molar-refractivity contribution in [1.29, 1.82) is 0 Å². The van der Waals surface area contributed by atoms with Crippen LogP contribution in [-0.4, -0.2) is 36.4 Å². The number of thiazole rings is 1. The van der Waals surface area contributed by atoms with E-state index in [1.165, 1.54) is 23.1 Å².